The van der Waals surface area contributed by atoms with E-state index in [0.717, 1.165) is 50.3 Å². The third-order valence-electron chi connectivity index (χ3n) is 5.62. The first-order chi connectivity index (χ1) is 13.2. The minimum absolute atomic E-state index is 0.133. The van der Waals surface area contributed by atoms with Crippen LogP contribution in [0.4, 0.5) is 11.4 Å². The zero-order valence-electron chi connectivity index (χ0n) is 15.6. The standard InChI is InChI=1S/C22H27N3O2/c26-19-10-13-24(14-11-19)21-8-4-3-7-20(21)23-15-22(27)25-12-9-17-5-1-2-6-18(17)16-25/h1-8,19,23,26H,9-16H2. The fourth-order valence-electron chi connectivity index (χ4n) is 4.00. The van der Waals surface area contributed by atoms with Gasteiger partial charge >= 0.3 is 0 Å². The van der Waals surface area contributed by atoms with E-state index in [2.05, 4.69) is 34.5 Å². The fraction of sp³-hybridized carbons (Fsp3) is 0.409. The van der Waals surface area contributed by atoms with Crippen molar-refractivity contribution < 1.29 is 9.90 Å². The number of anilines is 2. The van der Waals surface area contributed by atoms with E-state index < -0.39 is 0 Å². The highest BCUT2D eigenvalue weighted by molar-refractivity contribution is 5.83. The molecule has 0 bridgehead atoms. The van der Waals surface area contributed by atoms with Crippen molar-refractivity contribution in [1.29, 1.82) is 0 Å². The Morgan fingerprint density at radius 1 is 1.00 bits per heavy atom. The van der Waals surface area contributed by atoms with E-state index in [0.29, 0.717) is 13.1 Å². The maximum absolute atomic E-state index is 12.7. The molecule has 0 aromatic heterocycles. The molecule has 1 amide bonds. The molecule has 1 fully saturated rings. The second-order valence-corrected chi connectivity index (χ2v) is 7.42. The van der Waals surface area contributed by atoms with E-state index in [1.807, 2.05) is 29.2 Å². The number of carbonyl (C=O) groups is 1. The number of piperidine rings is 1. The molecule has 0 aliphatic carbocycles. The van der Waals surface area contributed by atoms with Crippen LogP contribution in [0.3, 0.4) is 0 Å². The van der Waals surface area contributed by atoms with Crippen LogP contribution < -0.4 is 10.2 Å². The summed E-state index contributed by atoms with van der Waals surface area (Å²) in [6.45, 7) is 3.47. The molecule has 142 valence electrons. The number of rotatable bonds is 4. The molecule has 4 rings (SSSR count). The Morgan fingerprint density at radius 3 is 2.52 bits per heavy atom. The largest absolute Gasteiger partial charge is 0.393 e. The first-order valence-electron chi connectivity index (χ1n) is 9.81. The number of aliphatic hydroxyl groups excluding tert-OH is 1. The second-order valence-electron chi connectivity index (χ2n) is 7.42. The lowest BCUT2D eigenvalue weighted by molar-refractivity contribution is -0.130. The van der Waals surface area contributed by atoms with Crippen LogP contribution in [0.15, 0.2) is 48.5 Å². The number of aliphatic hydroxyl groups is 1. The van der Waals surface area contributed by atoms with Crippen molar-refractivity contribution in [3.8, 4) is 0 Å². The number of amides is 1. The van der Waals surface area contributed by atoms with Gasteiger partial charge in [0.2, 0.25) is 5.91 Å². The van der Waals surface area contributed by atoms with E-state index >= 15 is 0 Å². The van der Waals surface area contributed by atoms with Crippen LogP contribution in [0, 0.1) is 0 Å². The maximum Gasteiger partial charge on any atom is 0.242 e. The van der Waals surface area contributed by atoms with Crippen molar-refractivity contribution in [1.82, 2.24) is 4.90 Å². The molecule has 0 spiro atoms. The molecule has 5 heteroatoms. The van der Waals surface area contributed by atoms with E-state index in [4.69, 9.17) is 0 Å². The van der Waals surface area contributed by atoms with Crippen LogP contribution in [-0.4, -0.2) is 48.2 Å². The van der Waals surface area contributed by atoms with Gasteiger partial charge in [0.05, 0.1) is 24.0 Å². The van der Waals surface area contributed by atoms with Crippen molar-refractivity contribution in [3.05, 3.63) is 59.7 Å². The third-order valence-corrected chi connectivity index (χ3v) is 5.62. The second kappa shape index (κ2) is 8.01. The molecule has 2 heterocycles. The molecular formula is C22H27N3O2. The van der Waals surface area contributed by atoms with Gasteiger partial charge in [-0.2, -0.15) is 0 Å². The molecule has 2 aliphatic rings. The maximum atomic E-state index is 12.7. The molecule has 5 nitrogen and oxygen atoms in total. The van der Waals surface area contributed by atoms with Crippen LogP contribution in [0.25, 0.3) is 0 Å². The molecule has 0 atom stereocenters. The molecule has 2 aliphatic heterocycles. The third kappa shape index (κ3) is 4.08. The van der Waals surface area contributed by atoms with Crippen LogP contribution >= 0.6 is 0 Å². The lowest BCUT2D eigenvalue weighted by Gasteiger charge is -2.33. The Kier molecular flexibility index (Phi) is 5.30. The predicted octanol–water partition coefficient (Wildman–Crippen LogP) is 2.64. The average molecular weight is 365 g/mol. The number of hydrogen-bond acceptors (Lipinski definition) is 4. The summed E-state index contributed by atoms with van der Waals surface area (Å²) in [7, 11) is 0. The zero-order valence-corrected chi connectivity index (χ0v) is 15.6. The van der Waals surface area contributed by atoms with Gasteiger partial charge in [0.1, 0.15) is 0 Å². The van der Waals surface area contributed by atoms with Crippen LogP contribution in [-0.2, 0) is 17.8 Å². The quantitative estimate of drug-likeness (QED) is 0.875. The molecule has 0 saturated carbocycles. The Labute approximate surface area is 160 Å². The Morgan fingerprint density at radius 2 is 1.70 bits per heavy atom. The summed E-state index contributed by atoms with van der Waals surface area (Å²) in [5, 5.41) is 13.1. The lowest BCUT2D eigenvalue weighted by Crippen LogP contribution is -2.39. The van der Waals surface area contributed by atoms with Crippen molar-refractivity contribution in [2.24, 2.45) is 0 Å². The summed E-state index contributed by atoms with van der Waals surface area (Å²) < 4.78 is 0. The summed E-state index contributed by atoms with van der Waals surface area (Å²) in [6, 6.07) is 16.5. The highest BCUT2D eigenvalue weighted by Gasteiger charge is 2.22. The predicted molar refractivity (Wildman–Crippen MR) is 108 cm³/mol. The van der Waals surface area contributed by atoms with Gasteiger partial charge in [0.25, 0.3) is 0 Å². The summed E-state index contributed by atoms with van der Waals surface area (Å²) in [5.41, 5.74) is 4.71. The minimum atomic E-state index is -0.190. The molecule has 2 aromatic rings. The monoisotopic (exact) mass is 365 g/mol. The van der Waals surface area contributed by atoms with Gasteiger partial charge in [-0.25, -0.2) is 0 Å². The summed E-state index contributed by atoms with van der Waals surface area (Å²) >= 11 is 0. The fourth-order valence-corrected chi connectivity index (χ4v) is 4.00. The molecule has 0 unspecified atom stereocenters. The number of nitrogens with zero attached hydrogens (tertiary/aromatic N) is 2. The number of para-hydroxylation sites is 2. The van der Waals surface area contributed by atoms with Crippen LogP contribution in [0.2, 0.25) is 0 Å². The minimum Gasteiger partial charge on any atom is -0.393 e. The smallest absolute Gasteiger partial charge is 0.242 e. The topological polar surface area (TPSA) is 55.8 Å². The highest BCUT2D eigenvalue weighted by Crippen LogP contribution is 2.28. The lowest BCUT2D eigenvalue weighted by atomic mass is 10.00. The van der Waals surface area contributed by atoms with E-state index in [9.17, 15) is 9.90 Å². The zero-order chi connectivity index (χ0) is 18.6. The van der Waals surface area contributed by atoms with Gasteiger partial charge in [-0.3, -0.25) is 4.79 Å². The van der Waals surface area contributed by atoms with Crippen molar-refractivity contribution >= 4 is 17.3 Å². The first-order valence-corrected chi connectivity index (χ1v) is 9.81. The SMILES string of the molecule is O=C(CNc1ccccc1N1CCC(O)CC1)N1CCc2ccccc2C1. The van der Waals surface area contributed by atoms with Gasteiger partial charge in [-0.15, -0.1) is 0 Å². The van der Waals surface area contributed by atoms with E-state index in [1.54, 1.807) is 0 Å². The Bertz CT molecular complexity index is 800. The van der Waals surface area contributed by atoms with Gasteiger partial charge < -0.3 is 20.2 Å². The molecular weight excluding hydrogens is 338 g/mol. The van der Waals surface area contributed by atoms with Crippen molar-refractivity contribution in [3.63, 3.8) is 0 Å². The van der Waals surface area contributed by atoms with Gasteiger partial charge in [-0.1, -0.05) is 36.4 Å². The van der Waals surface area contributed by atoms with Gasteiger partial charge in [0.15, 0.2) is 0 Å². The summed E-state index contributed by atoms with van der Waals surface area (Å²) in [4.78, 5) is 17.0. The molecule has 1 saturated heterocycles. The number of carbonyl (C=O) groups excluding carboxylic acids is 1. The summed E-state index contributed by atoms with van der Waals surface area (Å²) in [6.07, 6.45) is 2.32. The van der Waals surface area contributed by atoms with Crippen LogP contribution in [0.1, 0.15) is 24.0 Å². The van der Waals surface area contributed by atoms with Crippen molar-refractivity contribution in [2.45, 2.75) is 31.9 Å². The van der Waals surface area contributed by atoms with Gasteiger partial charge in [-0.05, 0) is 42.5 Å². The number of fused-ring (bicyclic) bond motifs is 1. The van der Waals surface area contributed by atoms with Gasteiger partial charge in [0, 0.05) is 26.2 Å². The highest BCUT2D eigenvalue weighted by atomic mass is 16.3. The van der Waals surface area contributed by atoms with E-state index in [1.165, 1.54) is 11.1 Å². The molecule has 0 radical (unpaired) electrons. The Balaban J connectivity index is 1.38. The van der Waals surface area contributed by atoms with Crippen LogP contribution in [0.5, 0.6) is 0 Å². The molecule has 27 heavy (non-hydrogen) atoms. The number of benzene rings is 2. The summed E-state index contributed by atoms with van der Waals surface area (Å²) in [5.74, 6) is 0.133. The Hall–Kier alpha value is -2.53. The normalized spacial score (nSPS) is 17.5. The van der Waals surface area contributed by atoms with E-state index in [-0.39, 0.29) is 12.0 Å². The molecule has 2 N–H and O–H groups in total. The molecule has 2 aromatic carbocycles. The number of hydrogen-bond donors (Lipinski definition) is 2. The first kappa shape index (κ1) is 17.9. The number of nitrogens with one attached hydrogen (secondary N) is 1. The van der Waals surface area contributed by atoms with Crippen molar-refractivity contribution in [2.75, 3.05) is 36.4 Å². The average Bonchev–Trinajstić information content (AvgIpc) is 2.72.